The van der Waals surface area contributed by atoms with Gasteiger partial charge in [0, 0.05) is 10.5 Å². The van der Waals surface area contributed by atoms with E-state index in [0.29, 0.717) is 17.2 Å². The van der Waals surface area contributed by atoms with Crippen LogP contribution < -0.4 is 10.5 Å². The predicted molar refractivity (Wildman–Crippen MR) is 69.7 cm³/mol. The zero-order chi connectivity index (χ0) is 13.1. The molecule has 0 heterocycles. The van der Waals surface area contributed by atoms with Gasteiger partial charge in [0.2, 0.25) is 0 Å². The number of nitriles is 1. The number of halogens is 2. The van der Waals surface area contributed by atoms with Crippen molar-refractivity contribution in [1.29, 1.82) is 5.26 Å². The minimum absolute atomic E-state index is 0.0221. The van der Waals surface area contributed by atoms with Crippen LogP contribution in [0, 0.1) is 17.1 Å². The van der Waals surface area contributed by atoms with Gasteiger partial charge in [-0.2, -0.15) is 5.26 Å². The zero-order valence-corrected chi connectivity index (χ0v) is 10.7. The molecular formula is C13H8BrFN2O. The molecule has 2 rings (SSSR count). The summed E-state index contributed by atoms with van der Waals surface area (Å²) < 4.78 is 19.7. The maximum absolute atomic E-state index is 13.4. The lowest BCUT2D eigenvalue weighted by molar-refractivity contribution is 0.478. The normalized spacial score (nSPS) is 9.83. The van der Waals surface area contributed by atoms with E-state index >= 15 is 0 Å². The summed E-state index contributed by atoms with van der Waals surface area (Å²) >= 11 is 3.28. The second-order valence-electron chi connectivity index (χ2n) is 3.54. The molecule has 0 aliphatic carbocycles. The number of hydrogen-bond acceptors (Lipinski definition) is 3. The fourth-order valence-corrected chi connectivity index (χ4v) is 1.77. The minimum Gasteiger partial charge on any atom is -0.455 e. The largest absolute Gasteiger partial charge is 0.455 e. The lowest BCUT2D eigenvalue weighted by Gasteiger charge is -2.09. The van der Waals surface area contributed by atoms with Gasteiger partial charge < -0.3 is 10.5 Å². The molecule has 0 saturated carbocycles. The summed E-state index contributed by atoms with van der Waals surface area (Å²) in [6, 6.07) is 10.9. The maximum atomic E-state index is 13.4. The van der Waals surface area contributed by atoms with Crippen molar-refractivity contribution < 1.29 is 9.13 Å². The second-order valence-corrected chi connectivity index (χ2v) is 4.45. The van der Waals surface area contributed by atoms with Crippen molar-refractivity contribution in [1.82, 2.24) is 0 Å². The molecule has 0 aliphatic rings. The fourth-order valence-electron chi connectivity index (χ4n) is 1.39. The molecule has 90 valence electrons. The molecule has 0 saturated heterocycles. The van der Waals surface area contributed by atoms with Crippen LogP contribution in [0.2, 0.25) is 0 Å². The predicted octanol–water partition coefficient (Wildman–Crippen LogP) is 3.83. The Bertz CT molecular complexity index is 637. The Morgan fingerprint density at radius 2 is 2.00 bits per heavy atom. The van der Waals surface area contributed by atoms with Crippen LogP contribution in [0.4, 0.5) is 10.1 Å². The molecule has 18 heavy (non-hydrogen) atoms. The molecule has 0 unspecified atom stereocenters. The average Bonchev–Trinajstić information content (AvgIpc) is 2.33. The zero-order valence-electron chi connectivity index (χ0n) is 9.15. The van der Waals surface area contributed by atoms with Gasteiger partial charge in [-0.3, -0.25) is 0 Å². The molecular weight excluding hydrogens is 299 g/mol. The third kappa shape index (κ3) is 2.60. The number of rotatable bonds is 2. The fraction of sp³-hybridized carbons (Fsp3) is 0. The number of benzene rings is 2. The summed E-state index contributed by atoms with van der Waals surface area (Å²) in [5, 5.41) is 8.62. The van der Waals surface area contributed by atoms with Crippen LogP contribution in [0.5, 0.6) is 11.5 Å². The van der Waals surface area contributed by atoms with Crippen molar-refractivity contribution in [3.8, 4) is 17.6 Å². The smallest absolute Gasteiger partial charge is 0.150 e. The highest BCUT2D eigenvalue weighted by Gasteiger charge is 2.06. The molecule has 0 aromatic heterocycles. The number of anilines is 1. The Hall–Kier alpha value is -2.06. The van der Waals surface area contributed by atoms with E-state index in [1.54, 1.807) is 24.3 Å². The Kier molecular flexibility index (Phi) is 3.49. The number of nitrogen functional groups attached to an aromatic ring is 1. The minimum atomic E-state index is -0.620. The van der Waals surface area contributed by atoms with Gasteiger partial charge in [0.05, 0.1) is 11.3 Å². The molecule has 0 atom stereocenters. The molecule has 0 amide bonds. The van der Waals surface area contributed by atoms with Crippen molar-refractivity contribution in [3.63, 3.8) is 0 Å². The van der Waals surface area contributed by atoms with Crippen LogP contribution in [-0.2, 0) is 0 Å². The van der Waals surface area contributed by atoms with Crippen LogP contribution in [0.1, 0.15) is 5.56 Å². The van der Waals surface area contributed by atoms with Gasteiger partial charge in [0.1, 0.15) is 23.4 Å². The van der Waals surface area contributed by atoms with E-state index in [2.05, 4.69) is 15.9 Å². The second kappa shape index (κ2) is 5.07. The lowest BCUT2D eigenvalue weighted by atomic mass is 10.2. The van der Waals surface area contributed by atoms with E-state index in [1.165, 1.54) is 12.1 Å². The van der Waals surface area contributed by atoms with Crippen LogP contribution >= 0.6 is 15.9 Å². The van der Waals surface area contributed by atoms with E-state index in [1.807, 2.05) is 0 Å². The first-order chi connectivity index (χ1) is 8.60. The van der Waals surface area contributed by atoms with Gasteiger partial charge in [-0.05, 0) is 30.3 Å². The van der Waals surface area contributed by atoms with Crippen LogP contribution in [0.25, 0.3) is 0 Å². The molecule has 5 heteroatoms. The summed E-state index contributed by atoms with van der Waals surface area (Å²) in [6.45, 7) is 0. The topological polar surface area (TPSA) is 59.0 Å². The van der Waals surface area contributed by atoms with Gasteiger partial charge in [0.25, 0.3) is 0 Å². The van der Waals surface area contributed by atoms with Gasteiger partial charge in [0.15, 0.2) is 0 Å². The van der Waals surface area contributed by atoms with Gasteiger partial charge >= 0.3 is 0 Å². The molecule has 2 N–H and O–H groups in total. The molecule has 0 aliphatic heterocycles. The number of ether oxygens (including phenoxy) is 1. The molecule has 3 nitrogen and oxygen atoms in total. The number of nitrogens with two attached hydrogens (primary N) is 1. The number of hydrogen-bond donors (Lipinski definition) is 1. The van der Waals surface area contributed by atoms with E-state index in [9.17, 15) is 4.39 Å². The first-order valence-electron chi connectivity index (χ1n) is 5.02. The highest BCUT2D eigenvalue weighted by atomic mass is 79.9. The standard InChI is InChI=1S/C13H8BrFN2O/c14-9-2-4-13(12(17)5-9)18-10-3-1-8(7-16)11(15)6-10/h1-6H,17H2. The third-order valence-corrected chi connectivity index (χ3v) is 2.75. The maximum Gasteiger partial charge on any atom is 0.150 e. The summed E-state index contributed by atoms with van der Waals surface area (Å²) in [5.74, 6) is 0.105. The van der Waals surface area contributed by atoms with Crippen molar-refractivity contribution in [2.75, 3.05) is 5.73 Å². The quantitative estimate of drug-likeness (QED) is 0.858. The van der Waals surface area contributed by atoms with Crippen molar-refractivity contribution in [2.24, 2.45) is 0 Å². The first-order valence-corrected chi connectivity index (χ1v) is 5.82. The van der Waals surface area contributed by atoms with E-state index < -0.39 is 5.82 Å². The summed E-state index contributed by atoms with van der Waals surface area (Å²) in [4.78, 5) is 0. The van der Waals surface area contributed by atoms with Crippen molar-refractivity contribution >= 4 is 21.6 Å². The molecule has 2 aromatic carbocycles. The molecule has 0 bridgehead atoms. The van der Waals surface area contributed by atoms with Crippen molar-refractivity contribution in [3.05, 3.63) is 52.3 Å². The molecule has 0 spiro atoms. The molecule has 0 radical (unpaired) electrons. The Morgan fingerprint density at radius 3 is 2.61 bits per heavy atom. The van der Waals surface area contributed by atoms with Crippen molar-refractivity contribution in [2.45, 2.75) is 0 Å². The van der Waals surface area contributed by atoms with Gasteiger partial charge in [-0.1, -0.05) is 15.9 Å². The molecule has 0 fully saturated rings. The molecule has 2 aromatic rings. The Balaban J connectivity index is 2.29. The number of nitrogens with zero attached hydrogens (tertiary/aromatic N) is 1. The highest BCUT2D eigenvalue weighted by Crippen LogP contribution is 2.30. The highest BCUT2D eigenvalue weighted by molar-refractivity contribution is 9.10. The monoisotopic (exact) mass is 306 g/mol. The Labute approximate surface area is 112 Å². The van der Waals surface area contributed by atoms with Crippen LogP contribution in [0.15, 0.2) is 40.9 Å². The van der Waals surface area contributed by atoms with Crippen LogP contribution in [-0.4, -0.2) is 0 Å². The van der Waals surface area contributed by atoms with E-state index in [0.717, 1.165) is 10.5 Å². The Morgan fingerprint density at radius 1 is 1.22 bits per heavy atom. The summed E-state index contributed by atoms with van der Waals surface area (Å²) in [7, 11) is 0. The average molecular weight is 307 g/mol. The lowest BCUT2D eigenvalue weighted by Crippen LogP contribution is -1.93. The SMILES string of the molecule is N#Cc1ccc(Oc2ccc(Br)cc2N)cc1F. The van der Waals surface area contributed by atoms with E-state index in [-0.39, 0.29) is 5.56 Å². The third-order valence-electron chi connectivity index (χ3n) is 2.26. The summed E-state index contributed by atoms with van der Waals surface area (Å²) in [6.07, 6.45) is 0. The van der Waals surface area contributed by atoms with Gasteiger partial charge in [-0.15, -0.1) is 0 Å². The van der Waals surface area contributed by atoms with E-state index in [4.69, 9.17) is 15.7 Å². The van der Waals surface area contributed by atoms with Crippen LogP contribution in [0.3, 0.4) is 0 Å². The van der Waals surface area contributed by atoms with Gasteiger partial charge in [-0.25, -0.2) is 4.39 Å². The summed E-state index contributed by atoms with van der Waals surface area (Å²) in [5.41, 5.74) is 6.18. The first kappa shape index (κ1) is 12.4.